The van der Waals surface area contributed by atoms with Gasteiger partial charge in [0.25, 0.3) is 0 Å². The van der Waals surface area contributed by atoms with E-state index in [0.717, 1.165) is 12.8 Å². The van der Waals surface area contributed by atoms with Gasteiger partial charge in [0, 0.05) is 18.6 Å². The van der Waals surface area contributed by atoms with Gasteiger partial charge in [-0.2, -0.15) is 12.5 Å². The van der Waals surface area contributed by atoms with Gasteiger partial charge in [0.05, 0.1) is 0 Å². The molecule has 0 aromatic heterocycles. The zero-order valence-corrected chi connectivity index (χ0v) is 11.3. The molecule has 0 aromatic rings. The summed E-state index contributed by atoms with van der Waals surface area (Å²) in [6, 6.07) is 0. The van der Waals surface area contributed by atoms with Crippen LogP contribution in [0.1, 0.15) is 26.2 Å². The molecule has 0 aromatic carbocycles. The van der Waals surface area contributed by atoms with E-state index in [4.69, 9.17) is 0 Å². The van der Waals surface area contributed by atoms with Crippen molar-refractivity contribution in [2.24, 2.45) is 0 Å². The summed E-state index contributed by atoms with van der Waals surface area (Å²) in [7, 11) is 0. The molecule has 0 N–H and O–H groups in total. The van der Waals surface area contributed by atoms with E-state index in [-0.39, 0.29) is 55.8 Å². The van der Waals surface area contributed by atoms with Crippen molar-refractivity contribution >= 4 is 0 Å². The topological polar surface area (TPSA) is 0 Å². The molecular weight excluding hydrogens is 265 g/mol. The van der Waals surface area contributed by atoms with E-state index in [1.165, 1.54) is 6.42 Å². The van der Waals surface area contributed by atoms with Gasteiger partial charge in [-0.05, 0) is 0 Å². The van der Waals surface area contributed by atoms with Crippen LogP contribution < -0.4 is 37.2 Å². The monoisotopic (exact) mass is 278 g/mol. The van der Waals surface area contributed by atoms with Crippen LogP contribution in [0.3, 0.4) is 0 Å². The van der Waals surface area contributed by atoms with Crippen LogP contribution in [0.4, 0.5) is 0 Å². The fourth-order valence-corrected chi connectivity index (χ4v) is 0.340. The van der Waals surface area contributed by atoms with Gasteiger partial charge in [0.1, 0.15) is 0 Å². The van der Waals surface area contributed by atoms with E-state index in [1.807, 2.05) is 12.2 Å². The Morgan fingerprint density at radius 1 is 1.31 bits per heavy atom. The number of unbranched alkanes of at least 4 members (excludes halogenated alkanes) is 1. The molecule has 1 radical (unpaired) electrons. The Balaban J connectivity index is -0.0000000256. The molecule has 0 bridgehead atoms. The molecule has 0 atom stereocenters. The van der Waals surface area contributed by atoms with Gasteiger partial charge in [-0.15, -0.1) is 6.42 Å². The number of hydrogen-bond donors (Lipinski definition) is 0. The van der Waals surface area contributed by atoms with Crippen molar-refractivity contribution in [1.82, 2.24) is 0 Å². The molecule has 0 heterocycles. The summed E-state index contributed by atoms with van der Waals surface area (Å²) >= 11 is 0. The van der Waals surface area contributed by atoms with E-state index < -0.39 is 0 Å². The maximum Gasteiger partial charge on any atom is 0 e. The minimum absolute atomic E-state index is 0. The van der Waals surface area contributed by atoms with Crippen LogP contribution in [-0.4, -0.2) is 0 Å². The molecule has 0 unspecified atom stereocenters. The van der Waals surface area contributed by atoms with Gasteiger partial charge < -0.3 is 44.1 Å². The fraction of sp³-hybridized carbons (Fsp3) is 0.444. The van der Waals surface area contributed by atoms with Gasteiger partial charge in [-0.3, -0.25) is 6.08 Å². The van der Waals surface area contributed by atoms with Crippen molar-refractivity contribution in [2.75, 3.05) is 0 Å². The molecule has 13 heavy (non-hydrogen) atoms. The molecular formula is C9H14Cl3V-5. The molecule has 0 aliphatic heterocycles. The van der Waals surface area contributed by atoms with Crippen molar-refractivity contribution in [3.8, 4) is 0 Å². The summed E-state index contributed by atoms with van der Waals surface area (Å²) in [5.41, 5.74) is 0. The third-order valence-corrected chi connectivity index (χ3v) is 0.939. The summed E-state index contributed by atoms with van der Waals surface area (Å²) in [5, 5.41) is 0. The fourth-order valence-electron chi connectivity index (χ4n) is 0.340. The van der Waals surface area contributed by atoms with Crippen LogP contribution in [0, 0.1) is 13.0 Å². The average molecular weight is 280 g/mol. The third kappa shape index (κ3) is 32.2. The van der Waals surface area contributed by atoms with Crippen LogP contribution in [0.2, 0.25) is 0 Å². The number of allylic oxidation sites excluding steroid dienone is 4. The number of halogens is 3. The molecule has 4 heteroatoms. The summed E-state index contributed by atoms with van der Waals surface area (Å²) < 4.78 is 0. The molecule has 0 nitrogen and oxygen atoms in total. The minimum atomic E-state index is 0. The maximum absolute atomic E-state index is 3.60. The van der Waals surface area contributed by atoms with Crippen molar-refractivity contribution in [1.29, 1.82) is 0 Å². The first-order valence-electron chi connectivity index (χ1n) is 3.42. The largest absolute Gasteiger partial charge is 1.00 e. The van der Waals surface area contributed by atoms with Crippen LogP contribution in [0.25, 0.3) is 0 Å². The summed E-state index contributed by atoms with van der Waals surface area (Å²) in [6.07, 6.45) is 12.3. The molecule has 1 aliphatic carbocycles. The van der Waals surface area contributed by atoms with E-state index in [0.29, 0.717) is 0 Å². The number of rotatable bonds is 1. The third-order valence-electron chi connectivity index (χ3n) is 0.939. The standard InChI is InChI=1S/C5H5.C4H9.3ClH.V/c1-2-4-5-3-1;1-3-4-2;;;;/h1-3H,4H2;1,3-4H2,2H3;3*1H;/q2*-1;;;;/p-3. The van der Waals surface area contributed by atoms with Crippen molar-refractivity contribution in [2.45, 2.75) is 26.2 Å². The van der Waals surface area contributed by atoms with E-state index >= 15 is 0 Å². The van der Waals surface area contributed by atoms with E-state index in [9.17, 15) is 0 Å². The smallest absolute Gasteiger partial charge is 0 e. The van der Waals surface area contributed by atoms with Gasteiger partial charge in [0.15, 0.2) is 0 Å². The maximum atomic E-state index is 3.60. The van der Waals surface area contributed by atoms with Crippen molar-refractivity contribution < 1.29 is 55.8 Å². The molecule has 81 valence electrons. The SMILES string of the molecule is [C-]1=CC=CC1.[CH2-]CCC.[Cl-].[Cl-].[Cl-].[V]. The minimum Gasteiger partial charge on any atom is -1.00 e. The first kappa shape index (κ1) is 29.2. The Morgan fingerprint density at radius 2 is 1.77 bits per heavy atom. The molecule has 1 rings (SSSR count). The van der Waals surface area contributed by atoms with E-state index in [2.05, 4.69) is 26.0 Å². The Hall–Kier alpha value is 0.934. The second kappa shape index (κ2) is 29.3. The Bertz CT molecular complexity index is 91.0. The molecule has 0 saturated heterocycles. The van der Waals surface area contributed by atoms with Crippen LogP contribution in [0.5, 0.6) is 0 Å². The van der Waals surface area contributed by atoms with Gasteiger partial charge in [0.2, 0.25) is 0 Å². The summed E-state index contributed by atoms with van der Waals surface area (Å²) in [6.45, 7) is 5.72. The van der Waals surface area contributed by atoms with Crippen LogP contribution in [-0.2, 0) is 18.6 Å². The van der Waals surface area contributed by atoms with Gasteiger partial charge in [-0.25, -0.2) is 12.2 Å². The molecule has 0 spiro atoms. The summed E-state index contributed by atoms with van der Waals surface area (Å²) in [5.74, 6) is 0. The second-order valence-corrected chi connectivity index (χ2v) is 1.86. The quantitative estimate of drug-likeness (QED) is 0.419. The van der Waals surface area contributed by atoms with Crippen LogP contribution in [0.15, 0.2) is 18.2 Å². The van der Waals surface area contributed by atoms with Crippen LogP contribution >= 0.6 is 0 Å². The second-order valence-electron chi connectivity index (χ2n) is 1.86. The average Bonchev–Trinajstić information content (AvgIpc) is 2.43. The predicted molar refractivity (Wildman–Crippen MR) is 41.8 cm³/mol. The molecule has 0 fully saturated rings. The van der Waals surface area contributed by atoms with Gasteiger partial charge in [-0.1, -0.05) is 13.3 Å². The predicted octanol–water partition coefficient (Wildman–Crippen LogP) is -6.06. The summed E-state index contributed by atoms with van der Waals surface area (Å²) in [4.78, 5) is 0. The van der Waals surface area contributed by atoms with Crippen molar-refractivity contribution in [3.05, 3.63) is 31.2 Å². The molecule has 0 amide bonds. The molecule has 0 saturated carbocycles. The van der Waals surface area contributed by atoms with Crippen molar-refractivity contribution in [3.63, 3.8) is 0 Å². The first-order chi connectivity index (χ1) is 4.41. The zero-order chi connectivity index (χ0) is 6.95. The Labute approximate surface area is 113 Å². The number of hydrogen-bond acceptors (Lipinski definition) is 0. The Kier molecular flexibility index (Phi) is 65.7. The normalized spacial score (nSPS) is 9.08. The van der Waals surface area contributed by atoms with Gasteiger partial charge >= 0.3 is 0 Å². The first-order valence-corrected chi connectivity index (χ1v) is 3.42. The van der Waals surface area contributed by atoms with E-state index in [1.54, 1.807) is 0 Å². The Morgan fingerprint density at radius 3 is 1.85 bits per heavy atom. The zero-order valence-electron chi connectivity index (χ0n) is 7.64. The molecule has 1 aliphatic rings.